The molecule has 0 bridgehead atoms. The molecule has 0 unspecified atom stereocenters. The number of rotatable bonds is 15. The Bertz CT molecular complexity index is 831. The van der Waals surface area contributed by atoms with E-state index in [0.717, 1.165) is 12.8 Å². The molecule has 0 aliphatic carbocycles. The van der Waals surface area contributed by atoms with E-state index in [0.29, 0.717) is 23.7 Å². The van der Waals surface area contributed by atoms with E-state index in [9.17, 15) is 9.59 Å². The summed E-state index contributed by atoms with van der Waals surface area (Å²) in [6, 6.07) is 14.9. The van der Waals surface area contributed by atoms with Crippen LogP contribution < -0.4 is 15.4 Å². The number of amides is 2. The predicted octanol–water partition coefficient (Wildman–Crippen LogP) is 6.70. The van der Waals surface area contributed by atoms with Gasteiger partial charge >= 0.3 is 11.8 Å². The number of carbonyl (C=O) groups is 2. The van der Waals surface area contributed by atoms with Crippen LogP contribution in [0.25, 0.3) is 0 Å². The Kier molecular flexibility index (Phi) is 12.1. The Morgan fingerprint density at radius 3 is 1.70 bits per heavy atom. The van der Waals surface area contributed by atoms with Gasteiger partial charge in [-0.15, -0.1) is 0 Å². The third kappa shape index (κ3) is 9.29. The fraction of sp³-hybridized carbons (Fsp3) is 0.500. The lowest BCUT2D eigenvalue weighted by Crippen LogP contribution is -2.37. The van der Waals surface area contributed by atoms with Crippen LogP contribution >= 0.6 is 0 Å². The second-order valence-electron chi connectivity index (χ2n) is 8.53. The van der Waals surface area contributed by atoms with E-state index >= 15 is 0 Å². The highest BCUT2D eigenvalue weighted by atomic mass is 16.5. The summed E-state index contributed by atoms with van der Waals surface area (Å²) in [7, 11) is 0. The number of anilines is 2. The van der Waals surface area contributed by atoms with Gasteiger partial charge in [-0.25, -0.2) is 0 Å². The fourth-order valence-electron chi connectivity index (χ4n) is 3.98. The molecule has 0 radical (unpaired) electrons. The largest absolute Gasteiger partial charge is 0.494 e. The molecule has 2 rings (SSSR count). The summed E-state index contributed by atoms with van der Waals surface area (Å²) in [4.78, 5) is 25.5. The Hall–Kier alpha value is -2.82. The molecule has 0 aliphatic rings. The molecule has 0 atom stereocenters. The van der Waals surface area contributed by atoms with Gasteiger partial charge in [-0.1, -0.05) is 76.8 Å². The zero-order valence-corrected chi connectivity index (χ0v) is 20.4. The minimum atomic E-state index is -0.988. The fourth-order valence-corrected chi connectivity index (χ4v) is 3.98. The number of benzene rings is 2. The number of unbranched alkanes of at least 4 members (excludes halogenated alkanes) is 9. The van der Waals surface area contributed by atoms with E-state index in [4.69, 9.17) is 10.5 Å². The molecule has 0 aromatic heterocycles. The molecule has 33 heavy (non-hydrogen) atoms. The summed E-state index contributed by atoms with van der Waals surface area (Å²) in [5.41, 5.74) is 7.74. The van der Waals surface area contributed by atoms with Crippen molar-refractivity contribution in [1.29, 1.82) is 0 Å². The van der Waals surface area contributed by atoms with Crippen molar-refractivity contribution in [1.82, 2.24) is 0 Å². The lowest BCUT2D eigenvalue weighted by Gasteiger charge is -2.22. The van der Waals surface area contributed by atoms with Gasteiger partial charge in [0, 0.05) is 11.4 Å². The van der Waals surface area contributed by atoms with Crippen LogP contribution in [0.4, 0.5) is 11.4 Å². The van der Waals surface area contributed by atoms with Crippen LogP contribution in [0.3, 0.4) is 0 Å². The van der Waals surface area contributed by atoms with Gasteiger partial charge in [0.15, 0.2) is 0 Å². The van der Waals surface area contributed by atoms with Crippen molar-refractivity contribution in [2.45, 2.75) is 84.5 Å². The van der Waals surface area contributed by atoms with E-state index < -0.39 is 11.8 Å². The molecule has 2 amide bonds. The third-order valence-electron chi connectivity index (χ3n) is 5.83. The highest BCUT2D eigenvalue weighted by Gasteiger charge is 2.22. The molecule has 2 aromatic carbocycles. The zero-order valence-electron chi connectivity index (χ0n) is 20.4. The molecular formula is C28H40N2O3. The SMILES string of the molecule is CCCCCCCCCCCCc1ccc(N(C(=O)C(N)=O)c2ccc(OCC)cc2)cc1. The molecule has 180 valence electrons. The van der Waals surface area contributed by atoms with Gasteiger partial charge in [0.25, 0.3) is 0 Å². The maximum absolute atomic E-state index is 12.5. The Labute approximate surface area is 199 Å². The van der Waals surface area contributed by atoms with E-state index in [-0.39, 0.29) is 0 Å². The first-order chi connectivity index (χ1) is 16.1. The van der Waals surface area contributed by atoms with Crippen LogP contribution in [0.1, 0.15) is 83.6 Å². The Balaban J connectivity index is 1.87. The van der Waals surface area contributed by atoms with Crippen molar-refractivity contribution in [3.05, 3.63) is 54.1 Å². The third-order valence-corrected chi connectivity index (χ3v) is 5.83. The van der Waals surface area contributed by atoms with Crippen molar-refractivity contribution in [2.75, 3.05) is 11.5 Å². The second kappa shape index (κ2) is 15.1. The van der Waals surface area contributed by atoms with Gasteiger partial charge in [0.05, 0.1) is 6.61 Å². The molecule has 5 nitrogen and oxygen atoms in total. The first kappa shape index (κ1) is 26.4. The van der Waals surface area contributed by atoms with Gasteiger partial charge in [-0.3, -0.25) is 14.5 Å². The molecule has 0 saturated heterocycles. The number of nitrogens with zero attached hydrogens (tertiary/aromatic N) is 1. The molecule has 0 saturated carbocycles. The van der Waals surface area contributed by atoms with E-state index in [2.05, 4.69) is 6.92 Å². The van der Waals surface area contributed by atoms with Crippen LogP contribution in [0.15, 0.2) is 48.5 Å². The van der Waals surface area contributed by atoms with E-state index in [1.807, 2.05) is 31.2 Å². The van der Waals surface area contributed by atoms with Crippen LogP contribution in [0.2, 0.25) is 0 Å². The van der Waals surface area contributed by atoms with Crippen molar-refractivity contribution >= 4 is 23.2 Å². The summed E-state index contributed by atoms with van der Waals surface area (Å²) in [6.07, 6.45) is 14.2. The monoisotopic (exact) mass is 452 g/mol. The van der Waals surface area contributed by atoms with Crippen molar-refractivity contribution in [2.24, 2.45) is 5.73 Å². The maximum atomic E-state index is 12.5. The molecule has 0 fully saturated rings. The maximum Gasteiger partial charge on any atom is 0.320 e. The van der Waals surface area contributed by atoms with Crippen molar-refractivity contribution < 1.29 is 14.3 Å². The molecule has 5 heteroatoms. The number of hydrogen-bond donors (Lipinski definition) is 1. The van der Waals surface area contributed by atoms with Gasteiger partial charge in [-0.2, -0.15) is 0 Å². The van der Waals surface area contributed by atoms with E-state index in [1.165, 1.54) is 68.3 Å². The van der Waals surface area contributed by atoms with Crippen molar-refractivity contribution in [3.63, 3.8) is 0 Å². The Morgan fingerprint density at radius 1 is 0.727 bits per heavy atom. The Morgan fingerprint density at radius 2 is 1.21 bits per heavy atom. The number of ether oxygens (including phenoxy) is 1. The quantitative estimate of drug-likeness (QED) is 0.241. The number of aryl methyl sites for hydroxylation is 1. The van der Waals surface area contributed by atoms with Gasteiger partial charge < -0.3 is 10.5 Å². The van der Waals surface area contributed by atoms with Crippen molar-refractivity contribution in [3.8, 4) is 5.75 Å². The predicted molar refractivity (Wildman–Crippen MR) is 136 cm³/mol. The van der Waals surface area contributed by atoms with Gasteiger partial charge in [0.2, 0.25) is 0 Å². The first-order valence-corrected chi connectivity index (χ1v) is 12.5. The standard InChI is InChI=1S/C28H40N2O3/c1-3-5-6-7-8-9-10-11-12-13-14-23-15-17-24(18-16-23)30(28(32)27(29)31)25-19-21-26(22-20-25)33-4-2/h15-22H,3-14H2,1-2H3,(H2,29,31). The smallest absolute Gasteiger partial charge is 0.320 e. The minimum absolute atomic E-state index is 0.559. The molecule has 0 aliphatic heterocycles. The molecule has 0 spiro atoms. The lowest BCUT2D eigenvalue weighted by molar-refractivity contribution is -0.135. The normalized spacial score (nSPS) is 10.7. The van der Waals surface area contributed by atoms with Crippen LogP contribution in [0.5, 0.6) is 5.75 Å². The summed E-state index contributed by atoms with van der Waals surface area (Å²) in [5, 5.41) is 0. The summed E-state index contributed by atoms with van der Waals surface area (Å²) in [6.45, 7) is 4.73. The molecule has 0 heterocycles. The summed E-state index contributed by atoms with van der Waals surface area (Å²) >= 11 is 0. The number of primary amides is 1. The topological polar surface area (TPSA) is 72.6 Å². The minimum Gasteiger partial charge on any atom is -0.494 e. The number of hydrogen-bond acceptors (Lipinski definition) is 3. The van der Waals surface area contributed by atoms with Crippen LogP contribution in [-0.4, -0.2) is 18.4 Å². The second-order valence-corrected chi connectivity index (χ2v) is 8.53. The van der Waals surface area contributed by atoms with Crippen LogP contribution in [-0.2, 0) is 16.0 Å². The van der Waals surface area contributed by atoms with Gasteiger partial charge in [-0.05, 0) is 61.7 Å². The average molecular weight is 453 g/mol. The van der Waals surface area contributed by atoms with Crippen LogP contribution in [0, 0.1) is 0 Å². The number of carbonyl (C=O) groups excluding carboxylic acids is 2. The summed E-state index contributed by atoms with van der Waals surface area (Å²) in [5.74, 6) is -1.04. The molecule has 2 aromatic rings. The lowest BCUT2D eigenvalue weighted by atomic mass is 10.0. The highest BCUT2D eigenvalue weighted by Crippen LogP contribution is 2.28. The average Bonchev–Trinajstić information content (AvgIpc) is 2.82. The summed E-state index contributed by atoms with van der Waals surface area (Å²) < 4.78 is 5.46. The first-order valence-electron chi connectivity index (χ1n) is 12.5. The van der Waals surface area contributed by atoms with E-state index in [1.54, 1.807) is 24.3 Å². The number of nitrogens with two attached hydrogens (primary N) is 1. The molecule has 2 N–H and O–H groups in total. The molecular weight excluding hydrogens is 412 g/mol. The zero-order chi connectivity index (χ0) is 23.9. The highest BCUT2D eigenvalue weighted by molar-refractivity contribution is 6.41. The van der Waals surface area contributed by atoms with Gasteiger partial charge in [0.1, 0.15) is 5.75 Å².